The molecule has 108 valence electrons. The lowest BCUT2D eigenvalue weighted by molar-refractivity contribution is -0.134. The van der Waals surface area contributed by atoms with Crippen molar-refractivity contribution >= 4 is 17.2 Å². The van der Waals surface area contributed by atoms with Crippen LogP contribution < -0.4 is 4.74 Å². The van der Waals surface area contributed by atoms with Gasteiger partial charge in [0.05, 0.1) is 6.33 Å². The molecular weight excluding hydrogens is 264 g/mol. The molecule has 0 saturated carbocycles. The van der Waals surface area contributed by atoms with Crippen LogP contribution in [-0.4, -0.2) is 15.5 Å². The number of imidazole rings is 1. The maximum atomic E-state index is 11.4. The summed E-state index contributed by atoms with van der Waals surface area (Å²) in [6.45, 7) is 3.90. The first-order valence-corrected chi connectivity index (χ1v) is 7.21. The summed E-state index contributed by atoms with van der Waals surface area (Å²) in [4.78, 5) is 15.6. The predicted octanol–water partition coefficient (Wildman–Crippen LogP) is 3.53. The molecule has 0 bridgehead atoms. The summed E-state index contributed by atoms with van der Waals surface area (Å²) in [5.41, 5.74) is 4.92. The van der Waals surface area contributed by atoms with Crippen molar-refractivity contribution < 1.29 is 9.53 Å². The van der Waals surface area contributed by atoms with E-state index in [2.05, 4.69) is 22.5 Å². The van der Waals surface area contributed by atoms with Crippen LogP contribution >= 0.6 is 0 Å². The minimum atomic E-state index is -0.206. The van der Waals surface area contributed by atoms with Crippen LogP contribution in [0.1, 0.15) is 37.8 Å². The lowest BCUT2D eigenvalue weighted by atomic mass is 9.89. The Morgan fingerprint density at radius 2 is 2.24 bits per heavy atom. The first kappa shape index (κ1) is 13.6. The van der Waals surface area contributed by atoms with E-state index in [4.69, 9.17) is 4.74 Å². The standard InChI is InChI=1S/C17H18N2O2/c1-3-17(20)21-14-6-4-13-5-7-16(12(2)15(13)10-14)19-9-8-18-11-19/h4,6,8-11H,3,5,7H2,1-2H3. The zero-order valence-corrected chi connectivity index (χ0v) is 12.3. The van der Waals surface area contributed by atoms with Gasteiger partial charge in [-0.2, -0.15) is 0 Å². The van der Waals surface area contributed by atoms with Crippen molar-refractivity contribution in [3.8, 4) is 5.75 Å². The Labute approximate surface area is 124 Å². The molecule has 1 aliphatic carbocycles. The van der Waals surface area contributed by atoms with Crippen molar-refractivity contribution in [3.05, 3.63) is 48.0 Å². The number of allylic oxidation sites excluding steroid dienone is 2. The second-order valence-electron chi connectivity index (χ2n) is 5.19. The maximum absolute atomic E-state index is 11.4. The van der Waals surface area contributed by atoms with E-state index in [1.165, 1.54) is 16.8 Å². The number of nitrogens with zero attached hydrogens (tertiary/aromatic N) is 2. The molecule has 0 fully saturated rings. The number of aromatic nitrogens is 2. The summed E-state index contributed by atoms with van der Waals surface area (Å²) >= 11 is 0. The van der Waals surface area contributed by atoms with Crippen molar-refractivity contribution in [1.29, 1.82) is 0 Å². The third-order valence-electron chi connectivity index (χ3n) is 3.89. The second-order valence-corrected chi connectivity index (χ2v) is 5.19. The molecule has 21 heavy (non-hydrogen) atoms. The highest BCUT2D eigenvalue weighted by Gasteiger charge is 2.18. The Balaban J connectivity index is 2.00. The van der Waals surface area contributed by atoms with Gasteiger partial charge in [0, 0.05) is 24.5 Å². The van der Waals surface area contributed by atoms with Crippen molar-refractivity contribution in [2.45, 2.75) is 33.1 Å². The molecule has 4 heteroatoms. The van der Waals surface area contributed by atoms with Crippen LogP contribution in [0.15, 0.2) is 36.9 Å². The molecule has 0 aliphatic heterocycles. The number of carbonyl (C=O) groups excluding carboxylic acids is 1. The van der Waals surface area contributed by atoms with Crippen LogP contribution in [0.25, 0.3) is 11.3 Å². The molecule has 0 saturated heterocycles. The van der Waals surface area contributed by atoms with Crippen molar-refractivity contribution in [2.24, 2.45) is 0 Å². The number of aryl methyl sites for hydroxylation is 1. The molecule has 0 spiro atoms. The molecule has 1 aromatic carbocycles. The summed E-state index contributed by atoms with van der Waals surface area (Å²) in [7, 11) is 0. The summed E-state index contributed by atoms with van der Waals surface area (Å²) in [6, 6.07) is 5.90. The molecule has 1 aliphatic rings. The van der Waals surface area contributed by atoms with Gasteiger partial charge in [-0.1, -0.05) is 13.0 Å². The molecule has 0 atom stereocenters. The highest BCUT2D eigenvalue weighted by Crippen LogP contribution is 2.35. The Morgan fingerprint density at radius 3 is 2.95 bits per heavy atom. The Morgan fingerprint density at radius 1 is 1.38 bits per heavy atom. The molecule has 0 radical (unpaired) electrons. The number of esters is 1. The second kappa shape index (κ2) is 5.56. The molecular formula is C17H18N2O2. The van der Waals surface area contributed by atoms with Crippen LogP contribution in [0.3, 0.4) is 0 Å². The zero-order valence-electron chi connectivity index (χ0n) is 12.3. The Hall–Kier alpha value is -2.36. The lowest BCUT2D eigenvalue weighted by Gasteiger charge is -2.22. The van der Waals surface area contributed by atoms with E-state index in [9.17, 15) is 4.79 Å². The predicted molar refractivity (Wildman–Crippen MR) is 81.7 cm³/mol. The summed E-state index contributed by atoms with van der Waals surface area (Å²) in [6.07, 6.45) is 7.93. The summed E-state index contributed by atoms with van der Waals surface area (Å²) < 4.78 is 7.38. The smallest absolute Gasteiger partial charge is 0.310 e. The van der Waals surface area contributed by atoms with Gasteiger partial charge in [0.1, 0.15) is 5.75 Å². The fourth-order valence-corrected chi connectivity index (χ4v) is 2.73. The molecule has 0 N–H and O–H groups in total. The zero-order chi connectivity index (χ0) is 14.8. The molecule has 4 nitrogen and oxygen atoms in total. The van der Waals surface area contributed by atoms with Crippen LogP contribution in [0.4, 0.5) is 0 Å². The molecule has 3 rings (SSSR count). The largest absolute Gasteiger partial charge is 0.427 e. The van der Waals surface area contributed by atoms with Gasteiger partial charge in [-0.15, -0.1) is 0 Å². The highest BCUT2D eigenvalue weighted by molar-refractivity contribution is 5.86. The minimum Gasteiger partial charge on any atom is -0.427 e. The number of hydrogen-bond acceptors (Lipinski definition) is 3. The monoisotopic (exact) mass is 282 g/mol. The molecule has 0 unspecified atom stereocenters. The fourth-order valence-electron chi connectivity index (χ4n) is 2.73. The number of fused-ring (bicyclic) bond motifs is 1. The number of rotatable bonds is 3. The normalized spacial score (nSPS) is 14.0. The average Bonchev–Trinajstić information content (AvgIpc) is 3.02. The molecule has 2 aromatic rings. The van der Waals surface area contributed by atoms with Gasteiger partial charge < -0.3 is 9.30 Å². The van der Waals surface area contributed by atoms with E-state index in [1.807, 2.05) is 24.7 Å². The number of benzene rings is 1. The van der Waals surface area contributed by atoms with E-state index >= 15 is 0 Å². The maximum Gasteiger partial charge on any atom is 0.310 e. The topological polar surface area (TPSA) is 44.1 Å². The van der Waals surface area contributed by atoms with E-state index in [0.29, 0.717) is 12.2 Å². The van der Waals surface area contributed by atoms with Crippen LogP contribution in [0, 0.1) is 0 Å². The van der Waals surface area contributed by atoms with Crippen molar-refractivity contribution in [1.82, 2.24) is 9.55 Å². The van der Waals surface area contributed by atoms with Gasteiger partial charge in [0.15, 0.2) is 0 Å². The lowest BCUT2D eigenvalue weighted by Crippen LogP contribution is -2.09. The molecule has 1 aromatic heterocycles. The van der Waals surface area contributed by atoms with Crippen molar-refractivity contribution in [2.75, 3.05) is 0 Å². The molecule has 0 amide bonds. The van der Waals surface area contributed by atoms with Gasteiger partial charge >= 0.3 is 5.97 Å². The van der Waals surface area contributed by atoms with E-state index in [0.717, 1.165) is 18.4 Å². The van der Waals surface area contributed by atoms with Gasteiger partial charge in [-0.3, -0.25) is 4.79 Å². The van der Waals surface area contributed by atoms with E-state index in [-0.39, 0.29) is 5.97 Å². The summed E-state index contributed by atoms with van der Waals surface area (Å²) in [5, 5.41) is 0. The summed E-state index contributed by atoms with van der Waals surface area (Å²) in [5.74, 6) is 0.411. The Bertz CT molecular complexity index is 700. The highest BCUT2D eigenvalue weighted by atomic mass is 16.5. The first-order chi connectivity index (χ1) is 10.2. The molecule has 1 heterocycles. The van der Waals surface area contributed by atoms with Crippen LogP contribution in [0.2, 0.25) is 0 Å². The average molecular weight is 282 g/mol. The van der Waals surface area contributed by atoms with Crippen molar-refractivity contribution in [3.63, 3.8) is 0 Å². The van der Waals surface area contributed by atoms with Gasteiger partial charge in [-0.05, 0) is 48.6 Å². The van der Waals surface area contributed by atoms with E-state index in [1.54, 1.807) is 13.1 Å². The minimum absolute atomic E-state index is 0.206. The fraction of sp³-hybridized carbons (Fsp3) is 0.294. The van der Waals surface area contributed by atoms with Crippen LogP contribution in [-0.2, 0) is 11.2 Å². The Kier molecular flexibility index (Phi) is 3.60. The third kappa shape index (κ3) is 2.61. The number of carbonyl (C=O) groups is 1. The number of ether oxygens (including phenoxy) is 1. The quantitative estimate of drug-likeness (QED) is 0.639. The van der Waals surface area contributed by atoms with Gasteiger partial charge in [0.25, 0.3) is 0 Å². The van der Waals surface area contributed by atoms with Crippen LogP contribution in [0.5, 0.6) is 5.75 Å². The van der Waals surface area contributed by atoms with Gasteiger partial charge in [-0.25, -0.2) is 4.98 Å². The van der Waals surface area contributed by atoms with E-state index < -0.39 is 0 Å². The first-order valence-electron chi connectivity index (χ1n) is 7.21. The third-order valence-corrected chi connectivity index (χ3v) is 3.89. The number of hydrogen-bond donors (Lipinski definition) is 0. The SMILES string of the molecule is CCC(=O)Oc1ccc2c(c1)C(C)=C(n1ccnc1)CC2. The van der Waals surface area contributed by atoms with Gasteiger partial charge in [0.2, 0.25) is 0 Å².